The van der Waals surface area contributed by atoms with E-state index < -0.39 is 0 Å². The highest BCUT2D eigenvalue weighted by molar-refractivity contribution is 5.92. The van der Waals surface area contributed by atoms with Gasteiger partial charge in [-0.25, -0.2) is 9.97 Å². The summed E-state index contributed by atoms with van der Waals surface area (Å²) in [5, 5.41) is 14.4. The smallest absolute Gasteiger partial charge is 0.141 e. The van der Waals surface area contributed by atoms with E-state index in [1.807, 2.05) is 12.1 Å². The lowest BCUT2D eigenvalue weighted by Gasteiger charge is -2.14. The molecule has 114 valence electrons. The van der Waals surface area contributed by atoms with Gasteiger partial charge in [-0.1, -0.05) is 12.2 Å². The second kappa shape index (κ2) is 5.09. The van der Waals surface area contributed by atoms with Crippen molar-refractivity contribution in [2.75, 3.05) is 5.32 Å². The Kier molecular flexibility index (Phi) is 3.05. The molecule has 4 heteroatoms. The lowest BCUT2D eigenvalue weighted by molar-refractivity contribution is 0.474. The molecular formula is C19H17N3O. The predicted molar refractivity (Wildman–Crippen MR) is 93.1 cm³/mol. The monoisotopic (exact) mass is 303 g/mol. The highest BCUT2D eigenvalue weighted by atomic mass is 16.3. The quantitative estimate of drug-likeness (QED) is 0.694. The Morgan fingerprint density at radius 1 is 1.09 bits per heavy atom. The summed E-state index contributed by atoms with van der Waals surface area (Å²) in [7, 11) is 0. The number of hydrogen-bond donors (Lipinski definition) is 2. The Labute approximate surface area is 134 Å². The van der Waals surface area contributed by atoms with Crippen molar-refractivity contribution in [2.45, 2.75) is 20.3 Å². The first kappa shape index (κ1) is 13.8. The van der Waals surface area contributed by atoms with Gasteiger partial charge in [0, 0.05) is 16.6 Å². The maximum absolute atomic E-state index is 9.96. The Hall–Kier alpha value is -2.88. The van der Waals surface area contributed by atoms with Crippen molar-refractivity contribution in [1.29, 1.82) is 0 Å². The Bertz CT molecular complexity index is 960. The predicted octanol–water partition coefficient (Wildman–Crippen LogP) is 4.27. The molecule has 0 amide bonds. The average Bonchev–Trinajstić information content (AvgIpc) is 3.02. The minimum Gasteiger partial charge on any atom is -0.507 e. The van der Waals surface area contributed by atoms with Crippen LogP contribution < -0.4 is 5.32 Å². The van der Waals surface area contributed by atoms with E-state index in [0.717, 1.165) is 40.0 Å². The molecule has 0 saturated carbocycles. The van der Waals surface area contributed by atoms with Crippen LogP contribution in [-0.2, 0) is 6.42 Å². The van der Waals surface area contributed by atoms with E-state index in [2.05, 4.69) is 47.3 Å². The lowest BCUT2D eigenvalue weighted by atomic mass is 10.0. The van der Waals surface area contributed by atoms with Gasteiger partial charge in [0.25, 0.3) is 0 Å². The van der Waals surface area contributed by atoms with Gasteiger partial charge in [0.05, 0.1) is 5.52 Å². The third-order valence-corrected chi connectivity index (χ3v) is 4.44. The Morgan fingerprint density at radius 2 is 1.91 bits per heavy atom. The van der Waals surface area contributed by atoms with Gasteiger partial charge < -0.3 is 10.4 Å². The SMILES string of the molecule is Cc1cc2ncnc(Nc3ccc(O)c4c3CC=C4)c2cc1C. The number of allylic oxidation sites excluding steroid dienone is 1. The summed E-state index contributed by atoms with van der Waals surface area (Å²) in [6, 6.07) is 7.82. The van der Waals surface area contributed by atoms with Gasteiger partial charge in [0.2, 0.25) is 0 Å². The van der Waals surface area contributed by atoms with E-state index in [1.54, 1.807) is 12.4 Å². The summed E-state index contributed by atoms with van der Waals surface area (Å²) in [6.45, 7) is 4.18. The molecule has 23 heavy (non-hydrogen) atoms. The largest absolute Gasteiger partial charge is 0.507 e. The second-order valence-electron chi connectivity index (χ2n) is 5.93. The highest BCUT2D eigenvalue weighted by Gasteiger charge is 2.15. The number of nitrogens with one attached hydrogen (secondary N) is 1. The van der Waals surface area contributed by atoms with E-state index in [9.17, 15) is 5.11 Å². The third kappa shape index (κ3) is 2.23. The molecule has 0 bridgehead atoms. The lowest BCUT2D eigenvalue weighted by Crippen LogP contribution is -2.00. The number of phenolic OH excluding ortho intramolecular Hbond substituents is 1. The molecule has 2 N–H and O–H groups in total. The molecule has 2 aromatic carbocycles. The molecule has 0 aliphatic heterocycles. The Morgan fingerprint density at radius 3 is 2.78 bits per heavy atom. The van der Waals surface area contributed by atoms with Crippen LogP contribution in [0.5, 0.6) is 5.75 Å². The van der Waals surface area contributed by atoms with Crippen molar-refractivity contribution in [3.63, 3.8) is 0 Å². The van der Waals surface area contributed by atoms with Gasteiger partial charge in [-0.2, -0.15) is 0 Å². The summed E-state index contributed by atoms with van der Waals surface area (Å²) < 4.78 is 0. The first-order chi connectivity index (χ1) is 11.1. The number of aromatic nitrogens is 2. The summed E-state index contributed by atoms with van der Waals surface area (Å²) in [4.78, 5) is 8.78. The van der Waals surface area contributed by atoms with Crippen molar-refractivity contribution in [3.8, 4) is 5.75 Å². The molecule has 1 aliphatic carbocycles. The van der Waals surface area contributed by atoms with Crippen LogP contribution in [0.4, 0.5) is 11.5 Å². The molecule has 4 nitrogen and oxygen atoms in total. The topological polar surface area (TPSA) is 58.0 Å². The normalized spacial score (nSPS) is 12.6. The van der Waals surface area contributed by atoms with Crippen molar-refractivity contribution >= 4 is 28.5 Å². The molecular weight excluding hydrogens is 286 g/mol. The molecule has 0 fully saturated rings. The molecule has 1 aliphatic rings. The summed E-state index contributed by atoms with van der Waals surface area (Å²) in [5.74, 6) is 1.11. The fourth-order valence-electron chi connectivity index (χ4n) is 3.01. The van der Waals surface area contributed by atoms with Gasteiger partial charge in [0.15, 0.2) is 0 Å². The molecule has 1 aromatic heterocycles. The zero-order valence-electron chi connectivity index (χ0n) is 13.1. The fourth-order valence-corrected chi connectivity index (χ4v) is 3.01. The molecule has 0 spiro atoms. The third-order valence-electron chi connectivity index (χ3n) is 4.44. The van der Waals surface area contributed by atoms with Crippen LogP contribution in [0.15, 0.2) is 36.7 Å². The van der Waals surface area contributed by atoms with Crippen LogP contribution in [0.2, 0.25) is 0 Å². The zero-order chi connectivity index (χ0) is 16.0. The van der Waals surface area contributed by atoms with Gasteiger partial charge in [-0.15, -0.1) is 0 Å². The number of aryl methyl sites for hydroxylation is 2. The van der Waals surface area contributed by atoms with Crippen LogP contribution >= 0.6 is 0 Å². The van der Waals surface area contributed by atoms with Crippen LogP contribution in [0.25, 0.3) is 17.0 Å². The second-order valence-corrected chi connectivity index (χ2v) is 5.93. The summed E-state index contributed by atoms with van der Waals surface area (Å²) in [6.07, 6.45) is 6.41. The van der Waals surface area contributed by atoms with Crippen LogP contribution in [-0.4, -0.2) is 15.1 Å². The van der Waals surface area contributed by atoms with Gasteiger partial charge >= 0.3 is 0 Å². The number of aromatic hydroxyl groups is 1. The fraction of sp³-hybridized carbons (Fsp3) is 0.158. The molecule has 4 rings (SSSR count). The van der Waals surface area contributed by atoms with E-state index >= 15 is 0 Å². The standard InChI is InChI=1S/C19H17N3O/c1-11-8-15-17(9-12(11)2)20-10-21-19(15)22-16-6-7-18(23)14-5-3-4-13(14)16/h3,5-10,23H,4H2,1-2H3,(H,20,21,22). The number of rotatable bonds is 2. The first-order valence-electron chi connectivity index (χ1n) is 7.64. The van der Waals surface area contributed by atoms with Crippen molar-refractivity contribution in [1.82, 2.24) is 9.97 Å². The average molecular weight is 303 g/mol. The maximum atomic E-state index is 9.96. The summed E-state index contributed by atoms with van der Waals surface area (Å²) >= 11 is 0. The molecule has 3 aromatic rings. The van der Waals surface area contributed by atoms with Crippen molar-refractivity contribution in [3.05, 3.63) is 58.9 Å². The molecule has 0 saturated heterocycles. The maximum Gasteiger partial charge on any atom is 0.141 e. The molecule has 1 heterocycles. The van der Waals surface area contributed by atoms with Gasteiger partial charge in [-0.05, 0) is 61.2 Å². The Balaban J connectivity index is 1.83. The summed E-state index contributed by atoms with van der Waals surface area (Å²) in [5.41, 5.74) is 6.32. The first-order valence-corrected chi connectivity index (χ1v) is 7.64. The molecule has 0 atom stereocenters. The minimum absolute atomic E-state index is 0.318. The number of anilines is 2. The van der Waals surface area contributed by atoms with Crippen LogP contribution in [0, 0.1) is 13.8 Å². The van der Waals surface area contributed by atoms with Crippen molar-refractivity contribution in [2.24, 2.45) is 0 Å². The minimum atomic E-state index is 0.318. The van der Waals surface area contributed by atoms with E-state index in [4.69, 9.17) is 0 Å². The number of fused-ring (bicyclic) bond motifs is 2. The van der Waals surface area contributed by atoms with Crippen LogP contribution in [0.1, 0.15) is 22.3 Å². The number of benzene rings is 2. The zero-order valence-corrected chi connectivity index (χ0v) is 13.1. The van der Waals surface area contributed by atoms with E-state index in [1.165, 1.54) is 11.1 Å². The number of nitrogens with zero attached hydrogens (tertiary/aromatic N) is 2. The number of phenols is 1. The number of hydrogen-bond acceptors (Lipinski definition) is 4. The molecule has 0 radical (unpaired) electrons. The van der Waals surface area contributed by atoms with Crippen molar-refractivity contribution < 1.29 is 5.11 Å². The van der Waals surface area contributed by atoms with E-state index in [0.29, 0.717) is 5.75 Å². The van der Waals surface area contributed by atoms with E-state index in [-0.39, 0.29) is 0 Å². The van der Waals surface area contributed by atoms with Crippen LogP contribution in [0.3, 0.4) is 0 Å². The molecule has 0 unspecified atom stereocenters. The highest BCUT2D eigenvalue weighted by Crippen LogP contribution is 2.36. The van der Waals surface area contributed by atoms with Gasteiger partial charge in [-0.3, -0.25) is 0 Å². The van der Waals surface area contributed by atoms with Gasteiger partial charge in [0.1, 0.15) is 17.9 Å².